The molecule has 1 aromatic carbocycles. The third-order valence-corrected chi connectivity index (χ3v) is 3.69. The Morgan fingerprint density at radius 2 is 2.14 bits per heavy atom. The van der Waals surface area contributed by atoms with Gasteiger partial charge in [0.05, 0.1) is 0 Å². The third kappa shape index (κ3) is 6.36. The summed E-state index contributed by atoms with van der Waals surface area (Å²) in [7, 11) is 0. The van der Waals surface area contributed by atoms with Crippen LogP contribution in [-0.4, -0.2) is 35.7 Å². The smallest absolute Gasteiger partial charge is 0.317 e. The van der Waals surface area contributed by atoms with E-state index in [-0.39, 0.29) is 18.6 Å². The Hall–Kier alpha value is -1.26. The molecular weight excluding hydrogens is 288 g/mol. The second-order valence-electron chi connectivity index (χ2n) is 5.32. The van der Waals surface area contributed by atoms with Crippen LogP contribution in [0.3, 0.4) is 0 Å². The maximum absolute atomic E-state index is 12.2. The number of carbonyl (C=O) groups excluding carboxylic acids is 1. The number of hydrogen-bond acceptors (Lipinski definition) is 2. The summed E-state index contributed by atoms with van der Waals surface area (Å²) in [6.07, 6.45) is 1.67. The Balaban J connectivity index is 2.56. The number of urea groups is 1. The number of hydrogen-bond donors (Lipinski definition) is 2. The lowest BCUT2D eigenvalue weighted by atomic mass is 10.1. The van der Waals surface area contributed by atoms with E-state index in [2.05, 4.69) is 5.32 Å². The molecule has 0 bridgehead atoms. The summed E-state index contributed by atoms with van der Waals surface area (Å²) >= 11 is 6.15. The molecule has 1 aromatic rings. The van der Waals surface area contributed by atoms with Crippen LogP contribution in [0.25, 0.3) is 0 Å². The summed E-state index contributed by atoms with van der Waals surface area (Å²) in [5.41, 5.74) is 0.950. The van der Waals surface area contributed by atoms with Crippen LogP contribution in [0.1, 0.15) is 32.3 Å². The van der Waals surface area contributed by atoms with Gasteiger partial charge < -0.3 is 15.3 Å². The molecule has 21 heavy (non-hydrogen) atoms. The lowest BCUT2D eigenvalue weighted by Gasteiger charge is -2.23. The average Bonchev–Trinajstić information content (AvgIpc) is 2.48. The van der Waals surface area contributed by atoms with Crippen molar-refractivity contribution >= 4 is 17.6 Å². The van der Waals surface area contributed by atoms with Gasteiger partial charge in [0, 0.05) is 31.3 Å². The number of nitrogens with zero attached hydrogens (tertiary/aromatic N) is 1. The standard InChI is InChI=1S/C16H25ClN2O2/c1-3-10-19(11-14-6-4-5-7-15(14)17)16(21)18-9-8-13(2)12-20/h4-7,13,20H,3,8-12H2,1-2H3,(H,18,21). The summed E-state index contributed by atoms with van der Waals surface area (Å²) in [6, 6.07) is 7.49. The van der Waals surface area contributed by atoms with Crippen molar-refractivity contribution in [3.63, 3.8) is 0 Å². The lowest BCUT2D eigenvalue weighted by Crippen LogP contribution is -2.40. The van der Waals surface area contributed by atoms with Crippen LogP contribution in [0.4, 0.5) is 4.79 Å². The Labute approximate surface area is 132 Å². The van der Waals surface area contributed by atoms with Crippen LogP contribution >= 0.6 is 11.6 Å². The Morgan fingerprint density at radius 1 is 1.43 bits per heavy atom. The molecule has 0 aliphatic carbocycles. The van der Waals surface area contributed by atoms with E-state index < -0.39 is 0 Å². The molecule has 2 amide bonds. The van der Waals surface area contributed by atoms with E-state index in [1.165, 1.54) is 0 Å². The van der Waals surface area contributed by atoms with Gasteiger partial charge in [-0.2, -0.15) is 0 Å². The molecule has 0 aliphatic heterocycles. The number of rotatable bonds is 8. The molecule has 0 saturated heterocycles. The molecule has 2 N–H and O–H groups in total. The van der Waals surface area contributed by atoms with Crippen molar-refractivity contribution in [2.45, 2.75) is 33.2 Å². The average molecular weight is 313 g/mol. The Kier molecular flexibility index (Phi) is 8.16. The highest BCUT2D eigenvalue weighted by molar-refractivity contribution is 6.31. The number of aliphatic hydroxyl groups excluding tert-OH is 1. The highest BCUT2D eigenvalue weighted by Crippen LogP contribution is 2.17. The first kappa shape index (κ1) is 17.8. The van der Waals surface area contributed by atoms with E-state index in [4.69, 9.17) is 16.7 Å². The van der Waals surface area contributed by atoms with E-state index >= 15 is 0 Å². The Morgan fingerprint density at radius 3 is 2.76 bits per heavy atom. The van der Waals surface area contributed by atoms with Crippen molar-refractivity contribution < 1.29 is 9.90 Å². The van der Waals surface area contributed by atoms with Gasteiger partial charge in [0.25, 0.3) is 0 Å². The fourth-order valence-corrected chi connectivity index (χ4v) is 2.18. The van der Waals surface area contributed by atoms with Crippen molar-refractivity contribution in [1.82, 2.24) is 10.2 Å². The lowest BCUT2D eigenvalue weighted by molar-refractivity contribution is 0.191. The van der Waals surface area contributed by atoms with Crippen LogP contribution in [-0.2, 0) is 6.54 Å². The topological polar surface area (TPSA) is 52.6 Å². The maximum Gasteiger partial charge on any atom is 0.317 e. The number of carbonyl (C=O) groups is 1. The molecule has 0 spiro atoms. The normalized spacial score (nSPS) is 12.0. The highest BCUT2D eigenvalue weighted by Gasteiger charge is 2.14. The molecular formula is C16H25ClN2O2. The monoisotopic (exact) mass is 312 g/mol. The van der Waals surface area contributed by atoms with Gasteiger partial charge in [-0.1, -0.05) is 43.6 Å². The SMILES string of the molecule is CCCN(Cc1ccccc1Cl)C(=O)NCCC(C)CO. The predicted molar refractivity (Wildman–Crippen MR) is 86.4 cm³/mol. The van der Waals surface area contributed by atoms with Crippen LogP contribution in [0.2, 0.25) is 5.02 Å². The minimum Gasteiger partial charge on any atom is -0.396 e. The van der Waals surface area contributed by atoms with Crippen LogP contribution in [0.5, 0.6) is 0 Å². The van der Waals surface area contributed by atoms with Crippen molar-refractivity contribution in [3.8, 4) is 0 Å². The molecule has 5 heteroatoms. The summed E-state index contributed by atoms with van der Waals surface area (Å²) in [4.78, 5) is 14.0. The van der Waals surface area contributed by atoms with Gasteiger partial charge in [-0.25, -0.2) is 4.79 Å². The van der Waals surface area contributed by atoms with Gasteiger partial charge in [-0.15, -0.1) is 0 Å². The van der Waals surface area contributed by atoms with E-state index in [9.17, 15) is 4.79 Å². The number of aliphatic hydroxyl groups is 1. The predicted octanol–water partition coefficient (Wildman–Crippen LogP) is 3.28. The second-order valence-corrected chi connectivity index (χ2v) is 5.73. The zero-order chi connectivity index (χ0) is 15.7. The minimum absolute atomic E-state index is 0.0816. The molecule has 0 aromatic heterocycles. The zero-order valence-electron chi connectivity index (χ0n) is 12.8. The van der Waals surface area contributed by atoms with Gasteiger partial charge in [-0.05, 0) is 30.4 Å². The highest BCUT2D eigenvalue weighted by atomic mass is 35.5. The van der Waals surface area contributed by atoms with Gasteiger partial charge in [0.15, 0.2) is 0 Å². The van der Waals surface area contributed by atoms with Gasteiger partial charge in [0.2, 0.25) is 0 Å². The zero-order valence-corrected chi connectivity index (χ0v) is 13.6. The molecule has 0 fully saturated rings. The molecule has 1 unspecified atom stereocenters. The fraction of sp³-hybridized carbons (Fsp3) is 0.562. The number of halogens is 1. The number of nitrogens with one attached hydrogen (secondary N) is 1. The molecule has 0 saturated carbocycles. The van der Waals surface area contributed by atoms with Crippen molar-refractivity contribution in [2.75, 3.05) is 19.7 Å². The van der Waals surface area contributed by atoms with Crippen LogP contribution in [0, 0.1) is 5.92 Å². The van der Waals surface area contributed by atoms with Gasteiger partial charge >= 0.3 is 6.03 Å². The van der Waals surface area contributed by atoms with E-state index in [0.29, 0.717) is 24.7 Å². The quantitative estimate of drug-likeness (QED) is 0.774. The molecule has 1 atom stereocenters. The fourth-order valence-electron chi connectivity index (χ4n) is 1.98. The van der Waals surface area contributed by atoms with Crippen molar-refractivity contribution in [1.29, 1.82) is 0 Å². The van der Waals surface area contributed by atoms with Crippen molar-refractivity contribution in [2.24, 2.45) is 5.92 Å². The van der Waals surface area contributed by atoms with E-state index in [0.717, 1.165) is 18.4 Å². The molecule has 0 radical (unpaired) electrons. The summed E-state index contributed by atoms with van der Waals surface area (Å²) in [6.45, 7) is 5.92. The van der Waals surface area contributed by atoms with Crippen LogP contribution < -0.4 is 5.32 Å². The largest absolute Gasteiger partial charge is 0.396 e. The van der Waals surface area contributed by atoms with Gasteiger partial charge in [0.1, 0.15) is 0 Å². The molecule has 1 rings (SSSR count). The molecule has 0 aliphatic rings. The summed E-state index contributed by atoms with van der Waals surface area (Å²) in [5, 5.41) is 12.6. The van der Waals surface area contributed by atoms with E-state index in [1.807, 2.05) is 38.1 Å². The molecule has 118 valence electrons. The maximum atomic E-state index is 12.2. The number of amides is 2. The van der Waals surface area contributed by atoms with Crippen molar-refractivity contribution in [3.05, 3.63) is 34.9 Å². The van der Waals surface area contributed by atoms with Gasteiger partial charge in [-0.3, -0.25) is 0 Å². The molecule has 0 heterocycles. The number of benzene rings is 1. The minimum atomic E-state index is -0.0816. The third-order valence-electron chi connectivity index (χ3n) is 3.32. The first-order valence-electron chi connectivity index (χ1n) is 7.45. The summed E-state index contributed by atoms with van der Waals surface area (Å²) < 4.78 is 0. The molecule has 4 nitrogen and oxygen atoms in total. The second kappa shape index (κ2) is 9.64. The van der Waals surface area contributed by atoms with E-state index in [1.54, 1.807) is 4.90 Å². The van der Waals surface area contributed by atoms with Crippen LogP contribution in [0.15, 0.2) is 24.3 Å². The first-order valence-corrected chi connectivity index (χ1v) is 7.83. The summed E-state index contributed by atoms with van der Waals surface area (Å²) in [5.74, 6) is 0.202. The Bertz CT molecular complexity index is 440. The first-order chi connectivity index (χ1) is 10.1.